The number of aromatic nitrogens is 6. The molecular weight excluding hydrogens is 412 g/mol. The van der Waals surface area contributed by atoms with E-state index in [2.05, 4.69) is 42.5 Å². The van der Waals surface area contributed by atoms with Crippen LogP contribution in [0.15, 0.2) is 41.1 Å². The molecule has 10 heteroatoms. The van der Waals surface area contributed by atoms with Gasteiger partial charge in [-0.2, -0.15) is 4.98 Å². The summed E-state index contributed by atoms with van der Waals surface area (Å²) in [5, 5.41) is 17.6. The van der Waals surface area contributed by atoms with Gasteiger partial charge in [0.2, 0.25) is 11.1 Å². The maximum atomic E-state index is 5.71. The molecule has 0 amide bonds. The van der Waals surface area contributed by atoms with Crippen molar-refractivity contribution in [3.05, 3.63) is 53.0 Å². The summed E-state index contributed by atoms with van der Waals surface area (Å²) >= 11 is 1.53. The Bertz CT molecular complexity index is 1180. The molecular formula is C21H22N8OS. The Balaban J connectivity index is 1.40. The van der Waals surface area contributed by atoms with E-state index in [1.165, 1.54) is 11.3 Å². The molecule has 1 N–H and O–H groups in total. The monoisotopic (exact) mass is 434 g/mol. The van der Waals surface area contributed by atoms with Gasteiger partial charge in [0.15, 0.2) is 5.76 Å². The Hall–Kier alpha value is -3.40. The summed E-state index contributed by atoms with van der Waals surface area (Å²) in [5.41, 5.74) is 2.41. The third-order valence-corrected chi connectivity index (χ3v) is 6.12. The number of aryl methyl sites for hydroxylation is 2. The average Bonchev–Trinajstić information content (AvgIpc) is 3.54. The number of pyridine rings is 1. The Morgan fingerprint density at radius 2 is 2.13 bits per heavy atom. The fraction of sp³-hybridized carbons (Fsp3) is 0.333. The van der Waals surface area contributed by atoms with E-state index in [1.807, 2.05) is 37.3 Å². The third kappa shape index (κ3) is 4.11. The van der Waals surface area contributed by atoms with Crippen LogP contribution >= 0.6 is 11.3 Å². The molecule has 0 radical (unpaired) electrons. The van der Waals surface area contributed by atoms with Gasteiger partial charge in [-0.1, -0.05) is 29.5 Å². The van der Waals surface area contributed by atoms with Crippen molar-refractivity contribution in [1.82, 2.24) is 30.3 Å². The highest BCUT2D eigenvalue weighted by molar-refractivity contribution is 7.15. The largest absolute Gasteiger partial charge is 0.358 e. The smallest absolute Gasteiger partial charge is 0.228 e. The molecule has 0 aromatic carbocycles. The molecule has 0 aliphatic carbocycles. The SMILES string of the molecule is CCc1nnc(Nc2cc(C)nc(N3CCCC3c3cc(-c4ccccn4)no3)n2)s1. The normalized spacial score (nSPS) is 16.1. The van der Waals surface area contributed by atoms with Crippen molar-refractivity contribution in [3.8, 4) is 11.4 Å². The zero-order valence-electron chi connectivity index (χ0n) is 17.3. The van der Waals surface area contributed by atoms with Gasteiger partial charge in [0.25, 0.3) is 0 Å². The molecule has 9 nitrogen and oxygen atoms in total. The topological polar surface area (TPSA) is 106 Å². The van der Waals surface area contributed by atoms with Gasteiger partial charge in [0, 0.05) is 30.6 Å². The average molecular weight is 435 g/mol. The molecule has 1 unspecified atom stereocenters. The number of anilines is 3. The molecule has 0 bridgehead atoms. The molecule has 1 fully saturated rings. The van der Waals surface area contributed by atoms with Crippen molar-refractivity contribution < 1.29 is 4.52 Å². The van der Waals surface area contributed by atoms with Crippen LogP contribution in [0.2, 0.25) is 0 Å². The number of hydrogen-bond donors (Lipinski definition) is 1. The van der Waals surface area contributed by atoms with Crippen LogP contribution in [0.3, 0.4) is 0 Å². The Morgan fingerprint density at radius 3 is 2.94 bits per heavy atom. The lowest BCUT2D eigenvalue weighted by atomic mass is 10.1. The van der Waals surface area contributed by atoms with Crippen molar-refractivity contribution in [2.75, 3.05) is 16.8 Å². The van der Waals surface area contributed by atoms with E-state index < -0.39 is 0 Å². The number of rotatable bonds is 6. The summed E-state index contributed by atoms with van der Waals surface area (Å²) in [6.07, 6.45) is 4.59. The first kappa shape index (κ1) is 19.6. The van der Waals surface area contributed by atoms with Gasteiger partial charge in [-0.3, -0.25) is 4.98 Å². The predicted octanol–water partition coefficient (Wildman–Crippen LogP) is 4.33. The standard InChI is InChI=1S/C21H22N8OS/c1-3-19-26-27-21(31-19)25-18-11-13(2)23-20(24-18)29-10-6-8-16(29)17-12-15(28-30-17)14-7-4-5-9-22-14/h4-5,7,9,11-12,16H,3,6,8,10H2,1-2H3,(H,23,24,25,27). The second kappa shape index (κ2) is 8.38. The van der Waals surface area contributed by atoms with Gasteiger partial charge < -0.3 is 14.7 Å². The van der Waals surface area contributed by atoms with E-state index in [0.29, 0.717) is 11.8 Å². The number of nitrogens with zero attached hydrogens (tertiary/aromatic N) is 7. The lowest BCUT2D eigenvalue weighted by Crippen LogP contribution is -2.25. The molecule has 4 aromatic heterocycles. The van der Waals surface area contributed by atoms with Crippen LogP contribution in [0, 0.1) is 6.92 Å². The van der Waals surface area contributed by atoms with Gasteiger partial charge >= 0.3 is 0 Å². The van der Waals surface area contributed by atoms with Gasteiger partial charge in [0.05, 0.1) is 11.7 Å². The first-order valence-electron chi connectivity index (χ1n) is 10.3. The van der Waals surface area contributed by atoms with Crippen molar-refractivity contribution >= 4 is 28.2 Å². The van der Waals surface area contributed by atoms with E-state index in [1.54, 1.807) is 6.20 Å². The molecule has 1 aliphatic rings. The van der Waals surface area contributed by atoms with Crippen molar-refractivity contribution in [3.63, 3.8) is 0 Å². The number of nitrogens with one attached hydrogen (secondary N) is 1. The van der Waals surface area contributed by atoms with E-state index in [0.717, 1.165) is 58.8 Å². The van der Waals surface area contributed by atoms with Crippen LogP contribution < -0.4 is 10.2 Å². The fourth-order valence-corrected chi connectivity index (χ4v) is 4.37. The van der Waals surface area contributed by atoms with Gasteiger partial charge in [-0.15, -0.1) is 10.2 Å². The van der Waals surface area contributed by atoms with E-state index in [4.69, 9.17) is 9.51 Å². The van der Waals surface area contributed by atoms with E-state index >= 15 is 0 Å². The van der Waals surface area contributed by atoms with Gasteiger partial charge in [-0.05, 0) is 38.3 Å². The van der Waals surface area contributed by atoms with Crippen molar-refractivity contribution in [1.29, 1.82) is 0 Å². The van der Waals surface area contributed by atoms with Crippen molar-refractivity contribution in [2.24, 2.45) is 0 Å². The fourth-order valence-electron chi connectivity index (χ4n) is 3.69. The predicted molar refractivity (Wildman–Crippen MR) is 118 cm³/mol. The third-order valence-electron chi connectivity index (χ3n) is 5.14. The second-order valence-corrected chi connectivity index (χ2v) is 8.42. The van der Waals surface area contributed by atoms with Crippen LogP contribution in [0.4, 0.5) is 16.9 Å². The molecule has 1 aliphatic heterocycles. The molecule has 1 atom stereocenters. The Morgan fingerprint density at radius 1 is 1.19 bits per heavy atom. The van der Waals surface area contributed by atoms with E-state index in [-0.39, 0.29) is 6.04 Å². The minimum absolute atomic E-state index is 0.0350. The second-order valence-electron chi connectivity index (χ2n) is 7.35. The van der Waals surface area contributed by atoms with Crippen LogP contribution in [0.25, 0.3) is 11.4 Å². The zero-order chi connectivity index (χ0) is 21.2. The zero-order valence-corrected chi connectivity index (χ0v) is 18.1. The highest BCUT2D eigenvalue weighted by Crippen LogP contribution is 2.36. The summed E-state index contributed by atoms with van der Waals surface area (Å²) in [6.45, 7) is 4.88. The Labute approximate surface area is 183 Å². The van der Waals surface area contributed by atoms with E-state index in [9.17, 15) is 0 Å². The quantitative estimate of drug-likeness (QED) is 0.474. The van der Waals surface area contributed by atoms with Crippen molar-refractivity contribution in [2.45, 2.75) is 39.2 Å². The summed E-state index contributed by atoms with van der Waals surface area (Å²) in [6, 6.07) is 9.66. The molecule has 4 aromatic rings. The summed E-state index contributed by atoms with van der Waals surface area (Å²) in [7, 11) is 0. The molecule has 0 saturated carbocycles. The first-order chi connectivity index (χ1) is 15.2. The minimum Gasteiger partial charge on any atom is -0.358 e. The summed E-state index contributed by atoms with van der Waals surface area (Å²) in [4.78, 5) is 16.0. The summed E-state index contributed by atoms with van der Waals surface area (Å²) < 4.78 is 5.71. The maximum Gasteiger partial charge on any atom is 0.228 e. The number of hydrogen-bond acceptors (Lipinski definition) is 10. The lowest BCUT2D eigenvalue weighted by Gasteiger charge is -2.23. The Kier molecular flexibility index (Phi) is 5.29. The highest BCUT2D eigenvalue weighted by atomic mass is 32.1. The first-order valence-corrected chi connectivity index (χ1v) is 11.1. The molecule has 5 rings (SSSR count). The van der Waals surface area contributed by atoms with Gasteiger partial charge in [0.1, 0.15) is 16.5 Å². The molecule has 0 spiro atoms. The molecule has 5 heterocycles. The molecule has 1 saturated heterocycles. The van der Waals surface area contributed by atoms with Crippen LogP contribution in [-0.2, 0) is 6.42 Å². The van der Waals surface area contributed by atoms with Crippen LogP contribution in [0.1, 0.15) is 42.3 Å². The van der Waals surface area contributed by atoms with Crippen LogP contribution in [0.5, 0.6) is 0 Å². The lowest BCUT2D eigenvalue weighted by molar-refractivity contribution is 0.362. The van der Waals surface area contributed by atoms with Gasteiger partial charge in [-0.25, -0.2) is 4.98 Å². The minimum atomic E-state index is 0.0350. The summed E-state index contributed by atoms with van der Waals surface area (Å²) in [5.74, 6) is 2.18. The highest BCUT2D eigenvalue weighted by Gasteiger charge is 2.32. The molecule has 158 valence electrons. The molecule has 31 heavy (non-hydrogen) atoms. The van der Waals surface area contributed by atoms with Crippen LogP contribution in [-0.4, -0.2) is 36.9 Å². The maximum absolute atomic E-state index is 5.71.